The van der Waals surface area contributed by atoms with Gasteiger partial charge in [0, 0.05) is 12.7 Å². The van der Waals surface area contributed by atoms with Crippen LogP contribution in [-0.4, -0.2) is 38.4 Å². The SMILES string of the molecule is COc1cc(C(C=Cc2c(C)nc(N)nc2N)OC)cc(OC)c1OC. The van der Waals surface area contributed by atoms with Gasteiger partial charge in [-0.3, -0.25) is 0 Å². The van der Waals surface area contributed by atoms with Crippen molar-refractivity contribution in [2.75, 3.05) is 39.9 Å². The summed E-state index contributed by atoms with van der Waals surface area (Å²) >= 11 is 0. The van der Waals surface area contributed by atoms with Crippen molar-refractivity contribution in [1.82, 2.24) is 9.97 Å². The predicted octanol–water partition coefficient (Wildman–Crippen LogP) is 2.38. The van der Waals surface area contributed by atoms with Gasteiger partial charge >= 0.3 is 0 Å². The second-order valence-corrected chi connectivity index (χ2v) is 5.44. The van der Waals surface area contributed by atoms with Crippen molar-refractivity contribution < 1.29 is 18.9 Å². The molecule has 0 fully saturated rings. The molecule has 0 radical (unpaired) electrons. The van der Waals surface area contributed by atoms with Gasteiger partial charge in [-0.25, -0.2) is 4.98 Å². The molecule has 4 N–H and O–H groups in total. The summed E-state index contributed by atoms with van der Waals surface area (Å²) in [4.78, 5) is 8.11. The molecule has 1 aromatic heterocycles. The molecule has 2 rings (SSSR count). The molecule has 8 nitrogen and oxygen atoms in total. The second-order valence-electron chi connectivity index (χ2n) is 5.44. The molecule has 0 aliphatic heterocycles. The van der Waals surface area contributed by atoms with Crippen molar-refractivity contribution in [1.29, 1.82) is 0 Å². The number of benzene rings is 1. The summed E-state index contributed by atoms with van der Waals surface area (Å²) in [5.74, 6) is 2.06. The summed E-state index contributed by atoms with van der Waals surface area (Å²) < 4.78 is 21.7. The van der Waals surface area contributed by atoms with Crippen molar-refractivity contribution in [3.8, 4) is 17.2 Å². The monoisotopic (exact) mass is 360 g/mol. The fraction of sp³-hybridized carbons (Fsp3) is 0.333. The summed E-state index contributed by atoms with van der Waals surface area (Å²) in [6.45, 7) is 1.81. The largest absolute Gasteiger partial charge is 0.493 e. The van der Waals surface area contributed by atoms with Crippen LogP contribution in [0.5, 0.6) is 17.2 Å². The van der Waals surface area contributed by atoms with Gasteiger partial charge in [0.05, 0.1) is 27.0 Å². The Morgan fingerprint density at radius 2 is 1.58 bits per heavy atom. The smallest absolute Gasteiger partial charge is 0.222 e. The third-order valence-electron chi connectivity index (χ3n) is 3.89. The van der Waals surface area contributed by atoms with Gasteiger partial charge in [-0.1, -0.05) is 12.2 Å². The van der Waals surface area contributed by atoms with Crippen LogP contribution in [0.4, 0.5) is 11.8 Å². The average molecular weight is 360 g/mol. The molecule has 1 heterocycles. The Labute approximate surface area is 152 Å². The number of hydrogen-bond donors (Lipinski definition) is 2. The van der Waals surface area contributed by atoms with Gasteiger partial charge in [0.15, 0.2) is 11.5 Å². The maximum absolute atomic E-state index is 5.94. The van der Waals surface area contributed by atoms with E-state index in [1.54, 1.807) is 28.4 Å². The lowest BCUT2D eigenvalue weighted by Crippen LogP contribution is -2.05. The molecule has 2 aromatic rings. The van der Waals surface area contributed by atoms with Crippen LogP contribution in [0.2, 0.25) is 0 Å². The molecule has 0 aliphatic rings. The molecule has 0 spiro atoms. The zero-order valence-electron chi connectivity index (χ0n) is 15.6. The molecule has 1 aromatic carbocycles. The van der Waals surface area contributed by atoms with E-state index < -0.39 is 0 Å². The first kappa shape index (κ1) is 19.3. The number of nitrogens with zero attached hydrogens (tertiary/aromatic N) is 2. The number of aromatic nitrogens is 2. The summed E-state index contributed by atoms with van der Waals surface area (Å²) in [6.07, 6.45) is 3.28. The highest BCUT2D eigenvalue weighted by Crippen LogP contribution is 2.40. The van der Waals surface area contributed by atoms with E-state index in [-0.39, 0.29) is 12.1 Å². The van der Waals surface area contributed by atoms with Gasteiger partial charge in [0.25, 0.3) is 0 Å². The Balaban J connectivity index is 2.43. The van der Waals surface area contributed by atoms with Crippen molar-refractivity contribution in [2.45, 2.75) is 13.0 Å². The molecule has 140 valence electrons. The lowest BCUT2D eigenvalue weighted by molar-refractivity contribution is 0.142. The fourth-order valence-electron chi connectivity index (χ4n) is 2.61. The van der Waals surface area contributed by atoms with Crippen LogP contribution in [0.15, 0.2) is 18.2 Å². The van der Waals surface area contributed by atoms with E-state index in [1.807, 2.05) is 31.2 Å². The number of anilines is 2. The highest BCUT2D eigenvalue weighted by Gasteiger charge is 2.17. The lowest BCUT2D eigenvalue weighted by atomic mass is 10.1. The van der Waals surface area contributed by atoms with Gasteiger partial charge < -0.3 is 30.4 Å². The van der Waals surface area contributed by atoms with Gasteiger partial charge in [0.2, 0.25) is 11.7 Å². The Hall–Kier alpha value is -3.00. The Morgan fingerprint density at radius 3 is 2.04 bits per heavy atom. The maximum Gasteiger partial charge on any atom is 0.222 e. The van der Waals surface area contributed by atoms with Crippen LogP contribution in [0.25, 0.3) is 6.08 Å². The predicted molar refractivity (Wildman–Crippen MR) is 100 cm³/mol. The van der Waals surface area contributed by atoms with Crippen LogP contribution in [-0.2, 0) is 4.74 Å². The van der Waals surface area contributed by atoms with E-state index in [0.717, 1.165) is 5.56 Å². The first-order chi connectivity index (χ1) is 12.4. The van der Waals surface area contributed by atoms with E-state index in [4.69, 9.17) is 30.4 Å². The minimum Gasteiger partial charge on any atom is -0.493 e. The van der Waals surface area contributed by atoms with Gasteiger partial charge in [-0.05, 0) is 24.6 Å². The van der Waals surface area contributed by atoms with Gasteiger partial charge in [-0.15, -0.1) is 0 Å². The number of methoxy groups -OCH3 is 4. The zero-order chi connectivity index (χ0) is 19.3. The summed E-state index contributed by atoms with van der Waals surface area (Å²) in [7, 11) is 6.29. The lowest BCUT2D eigenvalue weighted by Gasteiger charge is -2.17. The number of rotatable bonds is 7. The fourth-order valence-corrected chi connectivity index (χ4v) is 2.61. The molecular formula is C18H24N4O4. The second kappa shape index (κ2) is 8.39. The van der Waals surface area contributed by atoms with Crippen LogP contribution < -0.4 is 25.7 Å². The van der Waals surface area contributed by atoms with Gasteiger partial charge in [-0.2, -0.15) is 4.98 Å². The highest BCUT2D eigenvalue weighted by atomic mass is 16.5. The van der Waals surface area contributed by atoms with Crippen molar-refractivity contribution in [2.24, 2.45) is 0 Å². The van der Waals surface area contributed by atoms with Crippen molar-refractivity contribution in [3.63, 3.8) is 0 Å². The zero-order valence-corrected chi connectivity index (χ0v) is 15.6. The van der Waals surface area contributed by atoms with Crippen molar-refractivity contribution >= 4 is 17.8 Å². The van der Waals surface area contributed by atoms with Crippen molar-refractivity contribution in [3.05, 3.63) is 35.0 Å². The molecule has 8 heteroatoms. The average Bonchev–Trinajstić information content (AvgIpc) is 2.62. The molecule has 0 saturated heterocycles. The Morgan fingerprint density at radius 1 is 0.962 bits per heavy atom. The molecule has 26 heavy (non-hydrogen) atoms. The van der Waals surface area contributed by atoms with E-state index in [9.17, 15) is 0 Å². The molecule has 1 unspecified atom stereocenters. The summed E-state index contributed by atoms with van der Waals surface area (Å²) in [5, 5.41) is 0. The Kier molecular flexibility index (Phi) is 6.24. The number of aryl methyl sites for hydroxylation is 1. The minimum absolute atomic E-state index is 0.144. The standard InChI is InChI=1S/C18H24N4O4/c1-10-12(17(19)22-18(20)21-10)6-7-13(23-2)11-8-14(24-3)16(26-5)15(9-11)25-4/h6-9,13H,1-5H3,(H4,19,20,21,22). The topological polar surface area (TPSA) is 115 Å². The molecule has 0 bridgehead atoms. The van der Waals surface area contributed by atoms with Crippen LogP contribution >= 0.6 is 0 Å². The third-order valence-corrected chi connectivity index (χ3v) is 3.89. The number of nitrogen functional groups attached to an aromatic ring is 2. The van der Waals surface area contributed by atoms with Crippen LogP contribution in [0.1, 0.15) is 22.9 Å². The first-order valence-corrected chi connectivity index (χ1v) is 7.85. The molecule has 0 aliphatic carbocycles. The minimum atomic E-state index is -0.375. The number of ether oxygens (including phenoxy) is 4. The highest BCUT2D eigenvalue weighted by molar-refractivity contribution is 5.65. The van der Waals surface area contributed by atoms with Crippen LogP contribution in [0.3, 0.4) is 0 Å². The molecule has 0 amide bonds. The Bertz CT molecular complexity index is 760. The number of hydrogen-bond acceptors (Lipinski definition) is 8. The quantitative estimate of drug-likeness (QED) is 0.773. The molecule has 1 atom stereocenters. The molecule has 0 saturated carbocycles. The molecular weight excluding hydrogens is 336 g/mol. The summed E-state index contributed by atoms with van der Waals surface area (Å²) in [6, 6.07) is 3.66. The summed E-state index contributed by atoms with van der Waals surface area (Å²) in [5.41, 5.74) is 13.7. The van der Waals surface area contributed by atoms with E-state index in [1.165, 1.54) is 0 Å². The first-order valence-electron chi connectivity index (χ1n) is 7.85. The van der Waals surface area contributed by atoms with Crippen LogP contribution in [0, 0.1) is 6.92 Å². The van der Waals surface area contributed by atoms with E-state index >= 15 is 0 Å². The third kappa shape index (κ3) is 3.97. The van der Waals surface area contributed by atoms with Gasteiger partial charge in [0.1, 0.15) is 11.9 Å². The normalized spacial score (nSPS) is 12.2. The number of nitrogens with two attached hydrogens (primary N) is 2. The van der Waals surface area contributed by atoms with E-state index in [2.05, 4.69) is 9.97 Å². The maximum atomic E-state index is 5.94. The van der Waals surface area contributed by atoms with E-state index in [0.29, 0.717) is 34.3 Å².